The van der Waals surface area contributed by atoms with Gasteiger partial charge in [-0.25, -0.2) is 12.4 Å². The van der Waals surface area contributed by atoms with E-state index in [4.69, 9.17) is 0 Å². The van der Waals surface area contributed by atoms with Crippen molar-refractivity contribution >= 4 is 36.9 Å². The molecule has 6 heteroatoms. The van der Waals surface area contributed by atoms with E-state index in [0.717, 1.165) is 52.6 Å². The Kier molecular flexibility index (Phi) is 4.00. The summed E-state index contributed by atoms with van der Waals surface area (Å²) < 4.78 is 29.8. The molecule has 0 bridgehead atoms. The number of rotatable bonds is 2. The number of benzene rings is 2. The van der Waals surface area contributed by atoms with E-state index in [1.54, 1.807) is 16.1 Å². The maximum Gasteiger partial charge on any atom is 0.268 e. The predicted octanol–water partition coefficient (Wildman–Crippen LogP) is 4.47. The molecular weight excluding hydrogens is 424 g/mol. The highest BCUT2D eigenvalue weighted by molar-refractivity contribution is 9.10. The van der Waals surface area contributed by atoms with Crippen LogP contribution in [0.4, 0.5) is 0 Å². The fraction of sp³-hybridized carbons (Fsp3) is 0.333. The minimum absolute atomic E-state index is 0.349. The second kappa shape index (κ2) is 6.19. The van der Waals surface area contributed by atoms with Crippen LogP contribution in [0.2, 0.25) is 0 Å². The van der Waals surface area contributed by atoms with Gasteiger partial charge in [0, 0.05) is 34.6 Å². The number of hydrogen-bond acceptors (Lipinski definition) is 3. The molecule has 1 unspecified atom stereocenters. The van der Waals surface area contributed by atoms with Gasteiger partial charge in [-0.05, 0) is 56.1 Å². The van der Waals surface area contributed by atoms with Gasteiger partial charge in [-0.3, -0.25) is 4.90 Å². The van der Waals surface area contributed by atoms with Gasteiger partial charge >= 0.3 is 0 Å². The summed E-state index contributed by atoms with van der Waals surface area (Å²) in [6.45, 7) is 3.92. The molecule has 140 valence electrons. The molecule has 1 atom stereocenters. The van der Waals surface area contributed by atoms with Gasteiger partial charge in [0.1, 0.15) is 0 Å². The Labute approximate surface area is 168 Å². The van der Waals surface area contributed by atoms with Crippen molar-refractivity contribution in [2.45, 2.75) is 43.7 Å². The third-order valence-corrected chi connectivity index (χ3v) is 8.20. The molecule has 4 nitrogen and oxygen atoms in total. The first kappa shape index (κ1) is 17.5. The maximum atomic E-state index is 13.6. The highest BCUT2D eigenvalue weighted by atomic mass is 79.9. The van der Waals surface area contributed by atoms with Crippen molar-refractivity contribution < 1.29 is 8.42 Å². The molecule has 0 radical (unpaired) electrons. The van der Waals surface area contributed by atoms with Gasteiger partial charge in [0.15, 0.2) is 0 Å². The topological polar surface area (TPSA) is 42.3 Å². The zero-order valence-corrected chi connectivity index (χ0v) is 17.6. The van der Waals surface area contributed by atoms with E-state index in [1.807, 2.05) is 31.2 Å². The number of fused-ring (bicyclic) bond motifs is 4. The summed E-state index contributed by atoms with van der Waals surface area (Å²) in [7, 11) is -3.65. The van der Waals surface area contributed by atoms with Gasteiger partial charge in [-0.15, -0.1) is 0 Å². The zero-order valence-electron chi connectivity index (χ0n) is 15.2. The van der Waals surface area contributed by atoms with Gasteiger partial charge in [-0.2, -0.15) is 0 Å². The van der Waals surface area contributed by atoms with Crippen LogP contribution in [0, 0.1) is 6.92 Å². The van der Waals surface area contributed by atoms with Crippen molar-refractivity contribution in [3.8, 4) is 0 Å². The molecule has 0 saturated carbocycles. The van der Waals surface area contributed by atoms with Crippen molar-refractivity contribution in [2.75, 3.05) is 6.54 Å². The number of nitrogens with zero attached hydrogens (tertiary/aromatic N) is 2. The van der Waals surface area contributed by atoms with E-state index < -0.39 is 10.0 Å². The molecule has 1 aromatic heterocycles. The lowest BCUT2D eigenvalue weighted by Crippen LogP contribution is -2.36. The average Bonchev–Trinajstić information content (AvgIpc) is 3.21. The van der Waals surface area contributed by atoms with Gasteiger partial charge < -0.3 is 0 Å². The van der Waals surface area contributed by atoms with E-state index in [1.165, 1.54) is 12.0 Å². The molecule has 2 aliphatic heterocycles. The third-order valence-electron chi connectivity index (χ3n) is 5.95. The molecule has 0 spiro atoms. The summed E-state index contributed by atoms with van der Waals surface area (Å²) in [4.78, 5) is 2.86. The molecule has 0 aliphatic carbocycles. The summed E-state index contributed by atoms with van der Waals surface area (Å²) in [6.07, 6.45) is 3.14. The largest absolute Gasteiger partial charge is 0.296 e. The van der Waals surface area contributed by atoms with Crippen LogP contribution in [0.5, 0.6) is 0 Å². The number of halogens is 1. The normalized spacial score (nSPS) is 20.0. The van der Waals surface area contributed by atoms with Crippen molar-refractivity contribution in [3.05, 3.63) is 63.8 Å². The minimum Gasteiger partial charge on any atom is -0.296 e. The fourth-order valence-corrected chi connectivity index (χ4v) is 6.51. The molecule has 3 aromatic rings. The van der Waals surface area contributed by atoms with Crippen molar-refractivity contribution in [1.82, 2.24) is 8.87 Å². The first-order chi connectivity index (χ1) is 12.9. The Bertz CT molecular complexity index is 1150. The Hall–Kier alpha value is -1.63. The van der Waals surface area contributed by atoms with E-state index in [2.05, 4.69) is 26.9 Å². The van der Waals surface area contributed by atoms with Crippen LogP contribution in [0.1, 0.15) is 29.7 Å². The van der Waals surface area contributed by atoms with Crippen LogP contribution in [0.3, 0.4) is 0 Å². The van der Waals surface area contributed by atoms with Crippen molar-refractivity contribution in [2.24, 2.45) is 0 Å². The van der Waals surface area contributed by atoms with Gasteiger partial charge in [-0.1, -0.05) is 39.7 Å². The highest BCUT2D eigenvalue weighted by Crippen LogP contribution is 2.39. The quantitative estimate of drug-likeness (QED) is 0.585. The van der Waals surface area contributed by atoms with Crippen LogP contribution in [0.25, 0.3) is 10.9 Å². The lowest BCUT2D eigenvalue weighted by Gasteiger charge is -2.30. The van der Waals surface area contributed by atoms with Crippen LogP contribution in [-0.4, -0.2) is 29.9 Å². The first-order valence-corrected chi connectivity index (χ1v) is 11.6. The summed E-state index contributed by atoms with van der Waals surface area (Å²) in [5, 5.41) is 1.05. The van der Waals surface area contributed by atoms with Crippen molar-refractivity contribution in [1.29, 1.82) is 0 Å². The monoisotopic (exact) mass is 444 g/mol. The smallest absolute Gasteiger partial charge is 0.268 e. The Morgan fingerprint density at radius 3 is 2.67 bits per heavy atom. The molecule has 0 N–H and O–H groups in total. The maximum absolute atomic E-state index is 13.6. The Balaban J connectivity index is 1.79. The minimum atomic E-state index is -3.65. The van der Waals surface area contributed by atoms with Crippen LogP contribution in [-0.2, 0) is 23.0 Å². The summed E-state index contributed by atoms with van der Waals surface area (Å²) in [5.74, 6) is 0. The van der Waals surface area contributed by atoms with E-state index in [9.17, 15) is 8.42 Å². The molecule has 0 amide bonds. The summed E-state index contributed by atoms with van der Waals surface area (Å²) in [5.41, 5.74) is 3.96. The van der Waals surface area contributed by atoms with Gasteiger partial charge in [0.05, 0.1) is 10.4 Å². The molecule has 5 rings (SSSR count). The summed E-state index contributed by atoms with van der Waals surface area (Å²) >= 11 is 3.52. The second-order valence-corrected chi connectivity index (χ2v) is 10.3. The van der Waals surface area contributed by atoms with Gasteiger partial charge in [0.2, 0.25) is 0 Å². The SMILES string of the molecule is Cc1ccc(S(=O)(=O)n2c3c(c4ccc(Br)cc42)CN2CCCC2C3)cc1. The lowest BCUT2D eigenvalue weighted by atomic mass is 9.99. The van der Waals surface area contributed by atoms with E-state index in [-0.39, 0.29) is 0 Å². The van der Waals surface area contributed by atoms with Gasteiger partial charge in [0.25, 0.3) is 10.0 Å². The fourth-order valence-electron chi connectivity index (χ4n) is 4.58. The van der Waals surface area contributed by atoms with Crippen LogP contribution in [0.15, 0.2) is 51.8 Å². The molecule has 2 aromatic carbocycles. The molecule has 2 aliphatic rings. The van der Waals surface area contributed by atoms with Crippen molar-refractivity contribution in [3.63, 3.8) is 0 Å². The summed E-state index contributed by atoms with van der Waals surface area (Å²) in [6, 6.07) is 13.6. The molecular formula is C21H21BrN2O2S. The standard InChI is InChI=1S/C21H21BrN2O2S/c1-14-4-7-17(8-5-14)27(25,26)24-20-11-15(22)6-9-18(20)19-13-23-10-2-3-16(23)12-21(19)24/h4-9,11,16H,2-3,10,12-13H2,1H3. The zero-order chi connectivity index (χ0) is 18.8. The Morgan fingerprint density at radius 2 is 1.89 bits per heavy atom. The highest BCUT2D eigenvalue weighted by Gasteiger charge is 2.36. The second-order valence-electron chi connectivity index (χ2n) is 7.64. The number of hydrogen-bond donors (Lipinski definition) is 0. The average molecular weight is 445 g/mol. The predicted molar refractivity (Wildman–Crippen MR) is 111 cm³/mol. The third kappa shape index (κ3) is 2.69. The molecule has 3 heterocycles. The van der Waals surface area contributed by atoms with Crippen LogP contribution >= 0.6 is 15.9 Å². The Morgan fingerprint density at radius 1 is 1.11 bits per heavy atom. The van der Waals surface area contributed by atoms with E-state index in [0.29, 0.717) is 10.9 Å². The van der Waals surface area contributed by atoms with Crippen LogP contribution < -0.4 is 0 Å². The van der Waals surface area contributed by atoms with E-state index >= 15 is 0 Å². The molecule has 27 heavy (non-hydrogen) atoms. The number of aromatic nitrogens is 1. The number of aryl methyl sites for hydroxylation is 1. The molecule has 1 fully saturated rings. The first-order valence-electron chi connectivity index (χ1n) is 9.33. The molecule has 1 saturated heterocycles. The lowest BCUT2D eigenvalue weighted by molar-refractivity contribution is 0.226.